The second-order valence-corrected chi connectivity index (χ2v) is 3.61. The summed E-state index contributed by atoms with van der Waals surface area (Å²) in [5.74, 6) is 0. The highest BCUT2D eigenvalue weighted by atomic mass is 32.2. The van der Waals surface area contributed by atoms with Gasteiger partial charge in [0.05, 0.1) is 0 Å². The summed E-state index contributed by atoms with van der Waals surface area (Å²) in [5, 5.41) is -3.93. The topological polar surface area (TPSA) is 0 Å². The molecule has 1 aliphatic heterocycles. The molecule has 0 aromatic carbocycles. The number of thioether (sulfide) groups is 1. The molecule has 1 saturated heterocycles. The Balaban J connectivity index is 2.81. The molecule has 0 bridgehead atoms. The number of halogens is 5. The van der Waals surface area contributed by atoms with Crippen LogP contribution in [0.5, 0.6) is 0 Å². The molecule has 0 aromatic rings. The van der Waals surface area contributed by atoms with Crippen molar-refractivity contribution in [1.82, 2.24) is 0 Å². The predicted molar refractivity (Wildman–Crippen MR) is 31.9 cm³/mol. The third kappa shape index (κ3) is 1.32. The molecule has 0 N–H and O–H groups in total. The first kappa shape index (κ1) is 9.09. The molecule has 66 valence electrons. The van der Waals surface area contributed by atoms with Crippen molar-refractivity contribution < 1.29 is 22.0 Å². The number of hydrogen-bond acceptors (Lipinski definition) is 1. The molecule has 1 aliphatic rings. The molecule has 2 atom stereocenters. The van der Waals surface area contributed by atoms with E-state index in [1.54, 1.807) is 0 Å². The quantitative estimate of drug-likeness (QED) is 0.575. The van der Waals surface area contributed by atoms with Crippen LogP contribution in [-0.2, 0) is 0 Å². The predicted octanol–water partition coefficient (Wildman–Crippen LogP) is 2.69. The van der Waals surface area contributed by atoms with Crippen LogP contribution in [0, 0.1) is 0 Å². The highest BCUT2D eigenvalue weighted by Crippen LogP contribution is 2.55. The monoisotopic (exact) mass is 192 g/mol. The average molecular weight is 192 g/mol. The summed E-state index contributed by atoms with van der Waals surface area (Å²) in [6.45, 7) is -1.84. The van der Waals surface area contributed by atoms with Gasteiger partial charge in [-0.3, -0.25) is 0 Å². The van der Waals surface area contributed by atoms with Crippen LogP contribution in [0.25, 0.3) is 0 Å². The van der Waals surface area contributed by atoms with Crippen molar-refractivity contribution in [1.29, 1.82) is 0 Å². The summed E-state index contributed by atoms with van der Waals surface area (Å²) in [6.07, 6.45) is -1.07. The van der Waals surface area contributed by atoms with Gasteiger partial charge in [-0.25, -0.2) is 13.2 Å². The SMILES string of the molecule is FCC1(F)CC(F)SC1(F)F. The molecule has 1 fully saturated rings. The molecule has 0 saturated carbocycles. The standard InChI is InChI=1S/C5H5F5S/c6-2-4(8)1-3(7)11-5(4,9)10/h3H,1-2H2. The van der Waals surface area contributed by atoms with Gasteiger partial charge < -0.3 is 0 Å². The maximum absolute atomic E-state index is 12.7. The van der Waals surface area contributed by atoms with E-state index in [1.807, 2.05) is 0 Å². The van der Waals surface area contributed by atoms with E-state index < -0.39 is 41.3 Å². The van der Waals surface area contributed by atoms with E-state index in [1.165, 1.54) is 0 Å². The minimum Gasteiger partial charge on any atom is -0.247 e. The van der Waals surface area contributed by atoms with Crippen molar-refractivity contribution >= 4 is 11.8 Å². The zero-order valence-electron chi connectivity index (χ0n) is 5.29. The minimum atomic E-state index is -3.93. The van der Waals surface area contributed by atoms with Crippen LogP contribution >= 0.6 is 11.8 Å². The Morgan fingerprint density at radius 3 is 2.09 bits per heavy atom. The second kappa shape index (κ2) is 2.50. The van der Waals surface area contributed by atoms with Crippen LogP contribution in [0.3, 0.4) is 0 Å². The highest BCUT2D eigenvalue weighted by Gasteiger charge is 2.63. The fourth-order valence-electron chi connectivity index (χ4n) is 0.813. The molecular formula is C5H5F5S. The summed E-state index contributed by atoms with van der Waals surface area (Å²) < 4.78 is 61.3. The summed E-state index contributed by atoms with van der Waals surface area (Å²) in [4.78, 5) is 0. The zero-order chi connectivity index (χ0) is 8.70. The van der Waals surface area contributed by atoms with Gasteiger partial charge in [-0.2, -0.15) is 8.78 Å². The van der Waals surface area contributed by atoms with Crippen molar-refractivity contribution in [3.05, 3.63) is 0 Å². The lowest BCUT2D eigenvalue weighted by Gasteiger charge is -2.21. The fourth-order valence-corrected chi connectivity index (χ4v) is 1.83. The van der Waals surface area contributed by atoms with Gasteiger partial charge in [0, 0.05) is 6.42 Å². The maximum atomic E-state index is 12.7. The van der Waals surface area contributed by atoms with Crippen molar-refractivity contribution in [2.45, 2.75) is 22.8 Å². The lowest BCUT2D eigenvalue weighted by Crippen LogP contribution is -2.39. The largest absolute Gasteiger partial charge is 0.332 e. The Hall–Kier alpha value is -0.0000000000000000555. The summed E-state index contributed by atoms with van der Waals surface area (Å²) in [6, 6.07) is 0. The smallest absolute Gasteiger partial charge is 0.247 e. The van der Waals surface area contributed by atoms with Gasteiger partial charge >= 0.3 is 5.25 Å². The normalized spacial score (nSPS) is 42.8. The van der Waals surface area contributed by atoms with E-state index in [0.717, 1.165) is 0 Å². The number of alkyl halides is 5. The third-order valence-electron chi connectivity index (χ3n) is 1.49. The summed E-state index contributed by atoms with van der Waals surface area (Å²) in [5.41, 5.74) is -5.32. The third-order valence-corrected chi connectivity index (χ3v) is 2.58. The summed E-state index contributed by atoms with van der Waals surface area (Å²) in [7, 11) is 0. The van der Waals surface area contributed by atoms with Crippen LogP contribution in [0.4, 0.5) is 22.0 Å². The number of hydrogen-bond donors (Lipinski definition) is 0. The lowest BCUT2D eigenvalue weighted by atomic mass is 10.1. The second-order valence-electron chi connectivity index (χ2n) is 2.35. The Bertz CT molecular complexity index is 161. The van der Waals surface area contributed by atoms with Gasteiger partial charge in [0.15, 0.2) is 5.50 Å². The first-order valence-corrected chi connectivity index (χ1v) is 3.74. The molecule has 2 unspecified atom stereocenters. The summed E-state index contributed by atoms with van der Waals surface area (Å²) >= 11 is -0.461. The molecule has 0 amide bonds. The van der Waals surface area contributed by atoms with Gasteiger partial charge in [-0.15, -0.1) is 0 Å². The van der Waals surface area contributed by atoms with E-state index in [0.29, 0.717) is 0 Å². The molecule has 1 rings (SSSR count). The minimum absolute atomic E-state index is 0.461. The van der Waals surface area contributed by atoms with Crippen molar-refractivity contribution in [2.24, 2.45) is 0 Å². The molecule has 0 nitrogen and oxygen atoms in total. The first-order chi connectivity index (χ1) is 4.91. The fraction of sp³-hybridized carbons (Fsp3) is 1.00. The van der Waals surface area contributed by atoms with Crippen LogP contribution in [0.1, 0.15) is 6.42 Å². The Morgan fingerprint density at radius 2 is 1.91 bits per heavy atom. The Labute approximate surface area is 64.1 Å². The van der Waals surface area contributed by atoms with Gasteiger partial charge in [-0.1, -0.05) is 0 Å². The van der Waals surface area contributed by atoms with Gasteiger partial charge in [-0.05, 0) is 11.8 Å². The molecular weight excluding hydrogens is 187 g/mol. The van der Waals surface area contributed by atoms with Gasteiger partial charge in [0.1, 0.15) is 6.67 Å². The van der Waals surface area contributed by atoms with Crippen LogP contribution in [0.15, 0.2) is 0 Å². The van der Waals surface area contributed by atoms with Crippen LogP contribution < -0.4 is 0 Å². The molecule has 1 heterocycles. The molecule has 0 radical (unpaired) electrons. The van der Waals surface area contributed by atoms with Gasteiger partial charge in [0.2, 0.25) is 5.67 Å². The lowest BCUT2D eigenvalue weighted by molar-refractivity contribution is -0.0724. The van der Waals surface area contributed by atoms with Crippen LogP contribution in [0.2, 0.25) is 0 Å². The van der Waals surface area contributed by atoms with Crippen molar-refractivity contribution in [2.75, 3.05) is 6.67 Å². The Morgan fingerprint density at radius 1 is 1.36 bits per heavy atom. The van der Waals surface area contributed by atoms with E-state index >= 15 is 0 Å². The zero-order valence-corrected chi connectivity index (χ0v) is 6.11. The van der Waals surface area contributed by atoms with Crippen LogP contribution in [-0.4, -0.2) is 23.1 Å². The molecule has 0 aromatic heterocycles. The van der Waals surface area contributed by atoms with E-state index in [2.05, 4.69) is 0 Å². The van der Waals surface area contributed by atoms with E-state index in [-0.39, 0.29) is 0 Å². The van der Waals surface area contributed by atoms with Gasteiger partial charge in [0.25, 0.3) is 0 Å². The maximum Gasteiger partial charge on any atom is 0.332 e. The molecule has 6 heteroatoms. The molecule has 0 aliphatic carbocycles. The van der Waals surface area contributed by atoms with E-state index in [9.17, 15) is 22.0 Å². The number of rotatable bonds is 1. The van der Waals surface area contributed by atoms with E-state index in [4.69, 9.17) is 0 Å². The average Bonchev–Trinajstić information content (AvgIpc) is 2.03. The molecule has 0 spiro atoms. The molecule has 11 heavy (non-hydrogen) atoms. The van der Waals surface area contributed by atoms with Crippen molar-refractivity contribution in [3.8, 4) is 0 Å². The Kier molecular flexibility index (Phi) is 2.07. The first-order valence-electron chi connectivity index (χ1n) is 2.86. The van der Waals surface area contributed by atoms with Crippen molar-refractivity contribution in [3.63, 3.8) is 0 Å². The highest BCUT2D eigenvalue weighted by molar-refractivity contribution is 8.01.